The largest absolute Gasteiger partial charge is 0.469 e. The van der Waals surface area contributed by atoms with Gasteiger partial charge in [0.25, 0.3) is 0 Å². The predicted octanol–water partition coefficient (Wildman–Crippen LogP) is 3.60. The van der Waals surface area contributed by atoms with E-state index in [2.05, 4.69) is 5.32 Å². The van der Waals surface area contributed by atoms with E-state index in [1.807, 2.05) is 12.1 Å². The summed E-state index contributed by atoms with van der Waals surface area (Å²) in [4.78, 5) is 0. The lowest BCUT2D eigenvalue weighted by Crippen LogP contribution is -2.04. The van der Waals surface area contributed by atoms with Gasteiger partial charge in [-0.25, -0.2) is 8.78 Å². The Bertz CT molecular complexity index is 468. The minimum absolute atomic E-state index is 0.325. The van der Waals surface area contributed by atoms with Crippen molar-refractivity contribution in [2.24, 2.45) is 0 Å². The smallest absolute Gasteiger partial charge is 0.149 e. The van der Waals surface area contributed by atoms with E-state index in [1.54, 1.807) is 6.26 Å². The molecule has 1 aromatic heterocycles. The zero-order chi connectivity index (χ0) is 12.1. The third kappa shape index (κ3) is 3.31. The molecule has 0 saturated carbocycles. The van der Waals surface area contributed by atoms with Crippen LogP contribution in [-0.2, 0) is 6.42 Å². The van der Waals surface area contributed by atoms with Crippen molar-refractivity contribution in [3.8, 4) is 0 Å². The number of hydrogen-bond acceptors (Lipinski definition) is 2. The highest BCUT2D eigenvalue weighted by atomic mass is 19.1. The van der Waals surface area contributed by atoms with Crippen molar-refractivity contribution in [1.29, 1.82) is 0 Å². The molecule has 0 radical (unpaired) electrons. The topological polar surface area (TPSA) is 25.2 Å². The summed E-state index contributed by atoms with van der Waals surface area (Å²) >= 11 is 0. The second kappa shape index (κ2) is 5.48. The van der Waals surface area contributed by atoms with Gasteiger partial charge in [0.2, 0.25) is 0 Å². The number of anilines is 1. The lowest BCUT2D eigenvalue weighted by molar-refractivity contribution is 0.504. The normalized spacial score (nSPS) is 10.5. The van der Waals surface area contributed by atoms with E-state index in [9.17, 15) is 8.78 Å². The summed E-state index contributed by atoms with van der Waals surface area (Å²) in [6, 6.07) is 7.24. The van der Waals surface area contributed by atoms with E-state index < -0.39 is 11.6 Å². The molecule has 0 aliphatic carbocycles. The Labute approximate surface area is 98.3 Å². The van der Waals surface area contributed by atoms with E-state index in [1.165, 1.54) is 12.1 Å². The minimum atomic E-state index is -0.567. The van der Waals surface area contributed by atoms with Crippen LogP contribution in [0.2, 0.25) is 0 Å². The highest BCUT2D eigenvalue weighted by Gasteiger charge is 2.02. The maximum Gasteiger partial charge on any atom is 0.149 e. The van der Waals surface area contributed by atoms with Gasteiger partial charge in [0.15, 0.2) is 0 Å². The zero-order valence-corrected chi connectivity index (χ0v) is 9.25. The molecule has 0 unspecified atom stereocenters. The highest BCUT2D eigenvalue weighted by Crippen LogP contribution is 2.15. The van der Waals surface area contributed by atoms with Gasteiger partial charge in [0.1, 0.15) is 17.4 Å². The van der Waals surface area contributed by atoms with Crippen LogP contribution in [0.1, 0.15) is 12.2 Å². The molecule has 0 fully saturated rings. The van der Waals surface area contributed by atoms with Gasteiger partial charge < -0.3 is 9.73 Å². The van der Waals surface area contributed by atoms with Crippen molar-refractivity contribution in [2.75, 3.05) is 11.9 Å². The van der Waals surface area contributed by atoms with Crippen LogP contribution in [0, 0.1) is 11.6 Å². The average molecular weight is 237 g/mol. The van der Waals surface area contributed by atoms with Crippen LogP contribution in [-0.4, -0.2) is 6.54 Å². The summed E-state index contributed by atoms with van der Waals surface area (Å²) in [5, 5.41) is 2.92. The van der Waals surface area contributed by atoms with Gasteiger partial charge in [-0.05, 0) is 30.7 Å². The molecule has 0 atom stereocenters. The van der Waals surface area contributed by atoms with Crippen LogP contribution >= 0.6 is 0 Å². The maximum atomic E-state index is 13.2. The molecule has 0 aliphatic heterocycles. The highest BCUT2D eigenvalue weighted by molar-refractivity contribution is 5.44. The second-order valence-electron chi connectivity index (χ2n) is 3.73. The van der Waals surface area contributed by atoms with Crippen LogP contribution in [0.25, 0.3) is 0 Å². The van der Waals surface area contributed by atoms with Crippen molar-refractivity contribution >= 4 is 5.69 Å². The minimum Gasteiger partial charge on any atom is -0.469 e. The van der Waals surface area contributed by atoms with E-state index in [0.29, 0.717) is 12.2 Å². The van der Waals surface area contributed by atoms with E-state index >= 15 is 0 Å². The molecule has 1 aromatic carbocycles. The van der Waals surface area contributed by atoms with Crippen molar-refractivity contribution < 1.29 is 13.2 Å². The first-order valence-corrected chi connectivity index (χ1v) is 5.47. The van der Waals surface area contributed by atoms with E-state index in [0.717, 1.165) is 24.7 Å². The molecule has 0 amide bonds. The lowest BCUT2D eigenvalue weighted by atomic mass is 10.2. The van der Waals surface area contributed by atoms with Gasteiger partial charge >= 0.3 is 0 Å². The summed E-state index contributed by atoms with van der Waals surface area (Å²) < 4.78 is 31.0. The number of nitrogens with one attached hydrogen (secondary N) is 1. The summed E-state index contributed by atoms with van der Waals surface area (Å²) in [7, 11) is 0. The van der Waals surface area contributed by atoms with Crippen molar-refractivity contribution in [3.63, 3.8) is 0 Å². The molecule has 4 heteroatoms. The SMILES string of the molecule is Fc1ccc(NCCCc2ccco2)c(F)c1. The molecule has 0 bridgehead atoms. The van der Waals surface area contributed by atoms with Crippen LogP contribution in [0.5, 0.6) is 0 Å². The zero-order valence-electron chi connectivity index (χ0n) is 9.25. The van der Waals surface area contributed by atoms with Crippen molar-refractivity contribution in [1.82, 2.24) is 0 Å². The van der Waals surface area contributed by atoms with Crippen LogP contribution < -0.4 is 5.32 Å². The molecule has 0 spiro atoms. The number of halogens is 2. The molecular formula is C13H13F2NO. The van der Waals surface area contributed by atoms with Gasteiger partial charge in [0.05, 0.1) is 12.0 Å². The fraction of sp³-hybridized carbons (Fsp3) is 0.231. The summed E-state index contributed by atoms with van der Waals surface area (Å²) in [6.45, 7) is 0.614. The molecule has 2 nitrogen and oxygen atoms in total. The molecule has 0 aliphatic rings. The monoisotopic (exact) mass is 237 g/mol. The molecule has 1 N–H and O–H groups in total. The number of hydrogen-bond donors (Lipinski definition) is 1. The maximum absolute atomic E-state index is 13.2. The Morgan fingerprint density at radius 3 is 2.76 bits per heavy atom. The lowest BCUT2D eigenvalue weighted by Gasteiger charge is -2.06. The van der Waals surface area contributed by atoms with Gasteiger partial charge in [-0.2, -0.15) is 0 Å². The molecular weight excluding hydrogens is 224 g/mol. The number of benzene rings is 1. The molecule has 2 aromatic rings. The Balaban J connectivity index is 1.78. The second-order valence-corrected chi connectivity index (χ2v) is 3.73. The Hall–Kier alpha value is -1.84. The first kappa shape index (κ1) is 11.6. The summed E-state index contributed by atoms with van der Waals surface area (Å²) in [5.74, 6) is -0.224. The summed E-state index contributed by atoms with van der Waals surface area (Å²) in [6.07, 6.45) is 3.25. The summed E-state index contributed by atoms with van der Waals surface area (Å²) in [5.41, 5.74) is 0.325. The van der Waals surface area contributed by atoms with Crippen LogP contribution in [0.4, 0.5) is 14.5 Å². The predicted molar refractivity (Wildman–Crippen MR) is 61.9 cm³/mol. The fourth-order valence-electron chi connectivity index (χ4n) is 1.57. The van der Waals surface area contributed by atoms with Crippen LogP contribution in [0.3, 0.4) is 0 Å². The van der Waals surface area contributed by atoms with Gasteiger partial charge in [-0.3, -0.25) is 0 Å². The molecule has 90 valence electrons. The number of rotatable bonds is 5. The number of aryl methyl sites for hydroxylation is 1. The van der Waals surface area contributed by atoms with E-state index in [4.69, 9.17) is 4.42 Å². The Kier molecular flexibility index (Phi) is 3.75. The fourth-order valence-corrected chi connectivity index (χ4v) is 1.57. The van der Waals surface area contributed by atoms with Crippen LogP contribution in [0.15, 0.2) is 41.0 Å². The van der Waals surface area contributed by atoms with Crippen molar-refractivity contribution in [3.05, 3.63) is 54.0 Å². The van der Waals surface area contributed by atoms with Gasteiger partial charge in [-0.15, -0.1) is 0 Å². The molecule has 1 heterocycles. The third-order valence-electron chi connectivity index (χ3n) is 2.43. The Morgan fingerprint density at radius 1 is 1.18 bits per heavy atom. The average Bonchev–Trinajstić information content (AvgIpc) is 2.79. The van der Waals surface area contributed by atoms with Gasteiger partial charge in [-0.1, -0.05) is 0 Å². The molecule has 17 heavy (non-hydrogen) atoms. The first-order valence-electron chi connectivity index (χ1n) is 5.47. The Morgan fingerprint density at radius 2 is 2.06 bits per heavy atom. The third-order valence-corrected chi connectivity index (χ3v) is 2.43. The molecule has 0 saturated heterocycles. The van der Waals surface area contributed by atoms with Crippen molar-refractivity contribution in [2.45, 2.75) is 12.8 Å². The standard InChI is InChI=1S/C13H13F2NO/c14-10-5-6-13(12(15)9-10)16-7-1-3-11-4-2-8-17-11/h2,4-6,8-9,16H,1,3,7H2. The first-order chi connectivity index (χ1) is 8.25. The molecule has 2 rings (SSSR count). The van der Waals surface area contributed by atoms with Gasteiger partial charge in [0, 0.05) is 19.0 Å². The number of furan rings is 1. The van der Waals surface area contributed by atoms with E-state index in [-0.39, 0.29) is 0 Å². The quantitative estimate of drug-likeness (QED) is 0.804.